The molecule has 0 aliphatic carbocycles. The summed E-state index contributed by atoms with van der Waals surface area (Å²) in [5.41, 5.74) is 1.97. The van der Waals surface area contributed by atoms with Gasteiger partial charge in [-0.05, 0) is 26.2 Å². The van der Waals surface area contributed by atoms with Crippen molar-refractivity contribution in [1.29, 1.82) is 0 Å². The van der Waals surface area contributed by atoms with E-state index < -0.39 is 0 Å². The smallest absolute Gasteiger partial charge is 0.225 e. The van der Waals surface area contributed by atoms with E-state index in [0.717, 1.165) is 56.4 Å². The first-order valence-electron chi connectivity index (χ1n) is 8.99. The van der Waals surface area contributed by atoms with Gasteiger partial charge in [-0.3, -0.25) is 9.69 Å². The van der Waals surface area contributed by atoms with Crippen LogP contribution in [0.5, 0.6) is 0 Å². The third kappa shape index (κ3) is 3.49. The van der Waals surface area contributed by atoms with E-state index in [1.54, 1.807) is 0 Å². The molecule has 24 heavy (non-hydrogen) atoms. The van der Waals surface area contributed by atoms with Crippen LogP contribution in [-0.4, -0.2) is 66.3 Å². The van der Waals surface area contributed by atoms with Crippen LogP contribution in [-0.2, 0) is 16.0 Å². The predicted octanol–water partition coefficient (Wildman–Crippen LogP) is 1.65. The third-order valence-corrected chi connectivity index (χ3v) is 5.51. The zero-order chi connectivity index (χ0) is 17.3. The fraction of sp³-hybridized carbons (Fsp3) is 0.778. The van der Waals surface area contributed by atoms with Crippen molar-refractivity contribution >= 4 is 5.91 Å². The lowest BCUT2D eigenvalue weighted by molar-refractivity contribution is -0.134. The number of nitrogens with zero attached hydrogens (tertiary/aromatic N) is 3. The molecule has 2 saturated heterocycles. The van der Waals surface area contributed by atoms with Crippen molar-refractivity contribution in [2.45, 2.75) is 40.2 Å². The first-order valence-corrected chi connectivity index (χ1v) is 8.99. The van der Waals surface area contributed by atoms with Crippen LogP contribution in [0.3, 0.4) is 0 Å². The summed E-state index contributed by atoms with van der Waals surface area (Å²) in [5, 5.41) is 3.99. The van der Waals surface area contributed by atoms with E-state index >= 15 is 0 Å². The highest BCUT2D eigenvalue weighted by Gasteiger charge is 2.37. The fourth-order valence-corrected chi connectivity index (χ4v) is 4.01. The van der Waals surface area contributed by atoms with Gasteiger partial charge in [0, 0.05) is 43.7 Å². The number of hydrogen-bond donors (Lipinski definition) is 0. The Morgan fingerprint density at radius 1 is 1.29 bits per heavy atom. The number of likely N-dealkylation sites (tertiary alicyclic amines) is 1. The second-order valence-electron chi connectivity index (χ2n) is 7.34. The molecule has 2 aliphatic rings. The molecule has 3 rings (SSSR count). The number of rotatable bonds is 4. The van der Waals surface area contributed by atoms with Crippen molar-refractivity contribution in [2.75, 3.05) is 39.4 Å². The zero-order valence-electron chi connectivity index (χ0n) is 15.2. The lowest BCUT2D eigenvalue weighted by Crippen LogP contribution is -2.47. The highest BCUT2D eigenvalue weighted by molar-refractivity contribution is 5.79. The molecule has 2 aliphatic heterocycles. The van der Waals surface area contributed by atoms with Crippen LogP contribution in [0.25, 0.3) is 0 Å². The molecule has 134 valence electrons. The second kappa shape index (κ2) is 7.23. The molecule has 0 N–H and O–H groups in total. The minimum Gasteiger partial charge on any atom is -0.379 e. The van der Waals surface area contributed by atoms with E-state index in [4.69, 9.17) is 9.26 Å². The van der Waals surface area contributed by atoms with Crippen LogP contribution in [0, 0.1) is 25.7 Å². The minimum atomic E-state index is -0.0440. The minimum absolute atomic E-state index is 0.0440. The third-order valence-electron chi connectivity index (χ3n) is 5.51. The molecule has 3 heterocycles. The van der Waals surface area contributed by atoms with Crippen molar-refractivity contribution in [2.24, 2.45) is 11.8 Å². The fourth-order valence-electron chi connectivity index (χ4n) is 4.01. The van der Waals surface area contributed by atoms with Gasteiger partial charge in [-0.2, -0.15) is 0 Å². The van der Waals surface area contributed by atoms with E-state index in [2.05, 4.69) is 17.0 Å². The van der Waals surface area contributed by atoms with Gasteiger partial charge < -0.3 is 14.2 Å². The topological polar surface area (TPSA) is 58.8 Å². The summed E-state index contributed by atoms with van der Waals surface area (Å²) in [4.78, 5) is 17.4. The number of hydrogen-bond acceptors (Lipinski definition) is 5. The van der Waals surface area contributed by atoms with Gasteiger partial charge in [0.2, 0.25) is 5.91 Å². The molecule has 1 aromatic rings. The van der Waals surface area contributed by atoms with Gasteiger partial charge in [0.15, 0.2) is 0 Å². The number of carbonyl (C=O) groups is 1. The summed E-state index contributed by atoms with van der Waals surface area (Å²) < 4.78 is 10.7. The average Bonchev–Trinajstić information content (AvgIpc) is 3.12. The Balaban J connectivity index is 1.60. The molecule has 3 atom stereocenters. The number of aromatic nitrogens is 1. The Kier molecular flexibility index (Phi) is 5.25. The Bertz CT molecular complexity index is 561. The molecule has 0 radical (unpaired) electrons. The molecule has 0 spiro atoms. The van der Waals surface area contributed by atoms with E-state index in [1.807, 2.05) is 25.7 Å². The molecular formula is C18H29N3O3. The first-order chi connectivity index (χ1) is 11.5. The molecule has 1 amide bonds. The van der Waals surface area contributed by atoms with Gasteiger partial charge >= 0.3 is 0 Å². The van der Waals surface area contributed by atoms with E-state index in [0.29, 0.717) is 18.4 Å². The Hall–Kier alpha value is -1.40. The number of aryl methyl sites for hydroxylation is 2. The highest BCUT2D eigenvalue weighted by atomic mass is 16.5. The van der Waals surface area contributed by atoms with Crippen LogP contribution in [0.2, 0.25) is 0 Å². The average molecular weight is 335 g/mol. The number of morpholine rings is 1. The maximum Gasteiger partial charge on any atom is 0.225 e. The van der Waals surface area contributed by atoms with Crippen molar-refractivity contribution in [3.05, 3.63) is 17.0 Å². The molecule has 6 heteroatoms. The Labute approximate surface area is 144 Å². The molecule has 2 fully saturated rings. The summed E-state index contributed by atoms with van der Waals surface area (Å²) in [6.45, 7) is 13.4. The van der Waals surface area contributed by atoms with Gasteiger partial charge in [0.1, 0.15) is 5.76 Å². The van der Waals surface area contributed by atoms with E-state index in [1.165, 1.54) is 0 Å². The van der Waals surface area contributed by atoms with Crippen molar-refractivity contribution in [3.8, 4) is 0 Å². The largest absolute Gasteiger partial charge is 0.379 e. The number of carbonyl (C=O) groups excluding carboxylic acids is 1. The lowest BCUT2D eigenvalue weighted by Gasteiger charge is -2.34. The van der Waals surface area contributed by atoms with Crippen LogP contribution in [0.4, 0.5) is 0 Å². The summed E-state index contributed by atoms with van der Waals surface area (Å²) in [6.07, 6.45) is 0.701. The molecule has 0 aromatic carbocycles. The predicted molar refractivity (Wildman–Crippen MR) is 90.8 cm³/mol. The Morgan fingerprint density at radius 3 is 2.62 bits per heavy atom. The van der Waals surface area contributed by atoms with Gasteiger partial charge in [0.25, 0.3) is 0 Å². The summed E-state index contributed by atoms with van der Waals surface area (Å²) >= 11 is 0. The van der Waals surface area contributed by atoms with Crippen molar-refractivity contribution in [3.63, 3.8) is 0 Å². The van der Waals surface area contributed by atoms with Crippen LogP contribution < -0.4 is 0 Å². The molecule has 0 bridgehead atoms. The second-order valence-corrected chi connectivity index (χ2v) is 7.34. The van der Waals surface area contributed by atoms with Crippen molar-refractivity contribution in [1.82, 2.24) is 15.0 Å². The number of ether oxygens (including phenoxy) is 1. The summed E-state index contributed by atoms with van der Waals surface area (Å²) in [7, 11) is 0. The Morgan fingerprint density at radius 2 is 2.00 bits per heavy atom. The number of amides is 1. The standard InChI is InChI=1S/C18H29N3O3/c1-12(9-16-14(3)19-24-15(16)4)18(22)21-10-13(2)17(11-21)20-5-7-23-8-6-20/h12-13,17H,5-11H2,1-4H3/t12-,13-,17+/m0/s1. The SMILES string of the molecule is Cc1noc(C)c1C[C@H](C)C(=O)N1C[C@@H](N2CCOCC2)[C@@H](C)C1. The quantitative estimate of drug-likeness (QED) is 0.837. The lowest BCUT2D eigenvalue weighted by atomic mass is 9.98. The van der Waals surface area contributed by atoms with Crippen LogP contribution in [0.1, 0.15) is 30.9 Å². The van der Waals surface area contributed by atoms with E-state index in [9.17, 15) is 4.79 Å². The summed E-state index contributed by atoms with van der Waals surface area (Å²) in [6, 6.07) is 0.462. The molecule has 1 aromatic heterocycles. The molecule has 0 unspecified atom stereocenters. The van der Waals surface area contributed by atoms with Crippen LogP contribution in [0.15, 0.2) is 4.52 Å². The van der Waals surface area contributed by atoms with Gasteiger partial charge in [-0.25, -0.2) is 0 Å². The maximum atomic E-state index is 12.9. The van der Waals surface area contributed by atoms with Gasteiger partial charge in [0.05, 0.1) is 18.9 Å². The van der Waals surface area contributed by atoms with Gasteiger partial charge in [-0.15, -0.1) is 0 Å². The zero-order valence-corrected chi connectivity index (χ0v) is 15.2. The first kappa shape index (κ1) is 17.4. The van der Waals surface area contributed by atoms with Crippen molar-refractivity contribution < 1.29 is 14.1 Å². The molecule has 6 nitrogen and oxygen atoms in total. The molecular weight excluding hydrogens is 306 g/mol. The summed E-state index contributed by atoms with van der Waals surface area (Å²) in [5.74, 6) is 1.54. The highest BCUT2D eigenvalue weighted by Crippen LogP contribution is 2.25. The molecule has 0 saturated carbocycles. The van der Waals surface area contributed by atoms with Crippen LogP contribution >= 0.6 is 0 Å². The monoisotopic (exact) mass is 335 g/mol. The van der Waals surface area contributed by atoms with E-state index in [-0.39, 0.29) is 11.8 Å². The maximum absolute atomic E-state index is 12.9. The van der Waals surface area contributed by atoms with Gasteiger partial charge in [-0.1, -0.05) is 19.0 Å². The normalized spacial score (nSPS) is 26.8.